The Morgan fingerprint density at radius 3 is 2.35 bits per heavy atom. The monoisotopic (exact) mass is 374 g/mol. The quantitative estimate of drug-likeness (QED) is 0.806. The van der Waals surface area contributed by atoms with Crippen molar-refractivity contribution in [1.82, 2.24) is 9.88 Å². The first-order valence-electron chi connectivity index (χ1n) is 8.05. The zero-order chi connectivity index (χ0) is 15.6. The van der Waals surface area contributed by atoms with Crippen LogP contribution in [-0.4, -0.2) is 35.6 Å². The van der Waals surface area contributed by atoms with Crippen LogP contribution in [0.5, 0.6) is 17.4 Å². The maximum atomic E-state index is 6.19. The van der Waals surface area contributed by atoms with Crippen molar-refractivity contribution in [3.63, 3.8) is 0 Å². The smallest absolute Gasteiger partial charge is 0.219 e. The van der Waals surface area contributed by atoms with Crippen molar-refractivity contribution in [3.8, 4) is 17.4 Å². The van der Waals surface area contributed by atoms with Crippen molar-refractivity contribution >= 4 is 15.9 Å². The molecule has 120 valence electrons. The Kier molecular flexibility index (Phi) is 4.23. The van der Waals surface area contributed by atoms with Gasteiger partial charge in [0.05, 0.1) is 0 Å². The van der Waals surface area contributed by atoms with Gasteiger partial charge in [-0.3, -0.25) is 4.90 Å². The lowest BCUT2D eigenvalue weighted by Crippen LogP contribution is -2.52. The Bertz CT molecular complexity index is 652. The van der Waals surface area contributed by atoms with Gasteiger partial charge in [-0.1, -0.05) is 0 Å². The number of benzene rings is 1. The van der Waals surface area contributed by atoms with Gasteiger partial charge in [-0.05, 0) is 78.1 Å². The van der Waals surface area contributed by atoms with Crippen molar-refractivity contribution in [2.24, 2.45) is 5.92 Å². The first kappa shape index (κ1) is 15.0. The number of pyridine rings is 1. The first-order chi connectivity index (χ1) is 11.3. The van der Waals surface area contributed by atoms with E-state index in [4.69, 9.17) is 9.47 Å². The van der Waals surface area contributed by atoms with E-state index >= 15 is 0 Å². The van der Waals surface area contributed by atoms with Crippen LogP contribution < -0.4 is 9.47 Å². The summed E-state index contributed by atoms with van der Waals surface area (Å²) in [6, 6.07) is 11.6. The highest BCUT2D eigenvalue weighted by Gasteiger charge is 2.35. The Balaban J connectivity index is 1.39. The number of piperidine rings is 3. The second-order valence-electron chi connectivity index (χ2n) is 6.18. The molecule has 1 atom stereocenters. The van der Waals surface area contributed by atoms with E-state index < -0.39 is 0 Å². The minimum absolute atomic E-state index is 0.331. The number of nitrogens with zero attached hydrogens (tertiary/aromatic N) is 2. The lowest BCUT2D eigenvalue weighted by atomic mass is 9.86. The molecule has 0 aliphatic carbocycles. The van der Waals surface area contributed by atoms with Crippen molar-refractivity contribution < 1.29 is 9.47 Å². The SMILES string of the molecule is Brc1ccc(Oc2ccc(OC3CN4CCC3CC4)cc2)nc1. The van der Waals surface area contributed by atoms with Gasteiger partial charge >= 0.3 is 0 Å². The molecule has 3 aliphatic heterocycles. The van der Waals surface area contributed by atoms with Crippen LogP contribution in [0.15, 0.2) is 47.1 Å². The molecule has 1 unspecified atom stereocenters. The Morgan fingerprint density at radius 2 is 1.74 bits per heavy atom. The number of aromatic nitrogens is 1. The van der Waals surface area contributed by atoms with E-state index in [1.807, 2.05) is 36.4 Å². The molecule has 3 aliphatic rings. The van der Waals surface area contributed by atoms with Crippen LogP contribution in [0.25, 0.3) is 0 Å². The van der Waals surface area contributed by atoms with E-state index in [0.29, 0.717) is 17.9 Å². The summed E-state index contributed by atoms with van der Waals surface area (Å²) in [7, 11) is 0. The molecular weight excluding hydrogens is 356 g/mol. The van der Waals surface area contributed by atoms with Gasteiger partial charge in [0, 0.05) is 23.3 Å². The topological polar surface area (TPSA) is 34.6 Å². The van der Waals surface area contributed by atoms with Gasteiger partial charge in [0.15, 0.2) is 0 Å². The summed E-state index contributed by atoms with van der Waals surface area (Å²) in [4.78, 5) is 6.71. The fraction of sp³-hybridized carbons (Fsp3) is 0.389. The predicted octanol–water partition coefficient (Wildman–Crippen LogP) is 4.11. The van der Waals surface area contributed by atoms with Crippen molar-refractivity contribution in [2.45, 2.75) is 18.9 Å². The highest BCUT2D eigenvalue weighted by Crippen LogP contribution is 2.31. The van der Waals surface area contributed by atoms with Crippen LogP contribution in [0.2, 0.25) is 0 Å². The molecule has 0 N–H and O–H groups in total. The normalized spacial score (nSPS) is 26.0. The molecule has 0 spiro atoms. The lowest BCUT2D eigenvalue weighted by Gasteiger charge is -2.44. The largest absolute Gasteiger partial charge is 0.489 e. The molecule has 4 heterocycles. The zero-order valence-electron chi connectivity index (χ0n) is 12.8. The minimum Gasteiger partial charge on any atom is -0.489 e. The van der Waals surface area contributed by atoms with E-state index in [1.54, 1.807) is 6.20 Å². The van der Waals surface area contributed by atoms with Gasteiger partial charge in [0.25, 0.3) is 0 Å². The van der Waals surface area contributed by atoms with E-state index in [-0.39, 0.29) is 0 Å². The zero-order valence-corrected chi connectivity index (χ0v) is 14.4. The standard InChI is InChI=1S/C18H19BrN2O2/c19-14-1-6-18(20-11-14)23-16-4-2-15(3-5-16)22-17-12-21-9-7-13(17)8-10-21/h1-6,11,13,17H,7-10,12H2. The van der Waals surface area contributed by atoms with Crippen LogP contribution in [0.1, 0.15) is 12.8 Å². The summed E-state index contributed by atoms with van der Waals surface area (Å²) in [5, 5.41) is 0. The number of halogens is 1. The third-order valence-corrected chi connectivity index (χ3v) is 5.10. The average molecular weight is 375 g/mol. The summed E-state index contributed by atoms with van der Waals surface area (Å²) in [5.74, 6) is 2.98. The molecule has 5 rings (SSSR count). The fourth-order valence-corrected chi connectivity index (χ4v) is 3.58. The second kappa shape index (κ2) is 6.49. The molecule has 23 heavy (non-hydrogen) atoms. The summed E-state index contributed by atoms with van der Waals surface area (Å²) in [5.41, 5.74) is 0. The predicted molar refractivity (Wildman–Crippen MR) is 92.0 cm³/mol. The van der Waals surface area contributed by atoms with Crippen LogP contribution in [0.4, 0.5) is 0 Å². The molecule has 2 bridgehead atoms. The van der Waals surface area contributed by atoms with E-state index in [9.17, 15) is 0 Å². The van der Waals surface area contributed by atoms with Gasteiger partial charge in [0.2, 0.25) is 5.88 Å². The molecule has 1 aromatic heterocycles. The van der Waals surface area contributed by atoms with Crippen LogP contribution >= 0.6 is 15.9 Å². The molecule has 5 heteroatoms. The highest BCUT2D eigenvalue weighted by molar-refractivity contribution is 9.10. The van der Waals surface area contributed by atoms with E-state index in [1.165, 1.54) is 25.9 Å². The Hall–Kier alpha value is -1.59. The molecule has 0 radical (unpaired) electrons. The molecule has 3 saturated heterocycles. The number of rotatable bonds is 4. The Labute approximate surface area is 144 Å². The molecular formula is C18H19BrN2O2. The van der Waals surface area contributed by atoms with E-state index in [2.05, 4.69) is 25.8 Å². The van der Waals surface area contributed by atoms with Crippen molar-refractivity contribution in [1.29, 1.82) is 0 Å². The fourth-order valence-electron chi connectivity index (χ4n) is 3.35. The van der Waals surface area contributed by atoms with Gasteiger partial charge in [-0.25, -0.2) is 4.98 Å². The summed E-state index contributed by atoms with van der Waals surface area (Å²) < 4.78 is 12.9. The average Bonchev–Trinajstić information content (AvgIpc) is 2.60. The second-order valence-corrected chi connectivity index (χ2v) is 7.10. The summed E-state index contributed by atoms with van der Waals surface area (Å²) in [6.45, 7) is 3.53. The van der Waals surface area contributed by atoms with Crippen molar-refractivity contribution in [3.05, 3.63) is 47.1 Å². The van der Waals surface area contributed by atoms with Gasteiger partial charge in [-0.2, -0.15) is 0 Å². The van der Waals surface area contributed by atoms with Crippen molar-refractivity contribution in [2.75, 3.05) is 19.6 Å². The number of hydrogen-bond acceptors (Lipinski definition) is 4. The third-order valence-electron chi connectivity index (χ3n) is 4.63. The maximum absolute atomic E-state index is 6.19. The molecule has 0 amide bonds. The van der Waals surface area contributed by atoms with Gasteiger partial charge in [0.1, 0.15) is 17.6 Å². The third kappa shape index (κ3) is 3.51. The molecule has 2 aromatic rings. The number of fused-ring (bicyclic) bond motifs is 3. The van der Waals surface area contributed by atoms with Crippen LogP contribution in [0, 0.1) is 5.92 Å². The van der Waals surface area contributed by atoms with Crippen LogP contribution in [0.3, 0.4) is 0 Å². The number of ether oxygens (including phenoxy) is 2. The molecule has 0 saturated carbocycles. The lowest BCUT2D eigenvalue weighted by molar-refractivity contribution is -0.00777. The molecule has 4 nitrogen and oxygen atoms in total. The van der Waals surface area contributed by atoms with Gasteiger partial charge < -0.3 is 9.47 Å². The van der Waals surface area contributed by atoms with E-state index in [0.717, 1.165) is 22.5 Å². The number of hydrogen-bond donors (Lipinski definition) is 0. The summed E-state index contributed by atoms with van der Waals surface area (Å²) in [6.07, 6.45) is 4.58. The highest BCUT2D eigenvalue weighted by atomic mass is 79.9. The van der Waals surface area contributed by atoms with Crippen LogP contribution in [-0.2, 0) is 0 Å². The molecule has 3 fully saturated rings. The molecule has 1 aromatic carbocycles. The summed E-state index contributed by atoms with van der Waals surface area (Å²) >= 11 is 3.36. The Morgan fingerprint density at radius 1 is 1.00 bits per heavy atom. The maximum Gasteiger partial charge on any atom is 0.219 e. The van der Waals surface area contributed by atoms with Gasteiger partial charge in [-0.15, -0.1) is 0 Å². The first-order valence-corrected chi connectivity index (χ1v) is 8.84. The minimum atomic E-state index is 0.331.